The van der Waals surface area contributed by atoms with Gasteiger partial charge in [-0.3, -0.25) is 24.1 Å². The first-order valence-corrected chi connectivity index (χ1v) is 13.3. The first kappa shape index (κ1) is 24.8. The van der Waals surface area contributed by atoms with E-state index in [2.05, 4.69) is 15.9 Å². The van der Waals surface area contributed by atoms with Crippen LogP contribution in [0.15, 0.2) is 75.8 Å². The van der Waals surface area contributed by atoms with Gasteiger partial charge in [-0.2, -0.15) is 0 Å². The van der Waals surface area contributed by atoms with E-state index in [-0.39, 0.29) is 45.6 Å². The Bertz CT molecular complexity index is 1540. The number of carbonyl (C=O) groups is 4. The van der Waals surface area contributed by atoms with Crippen LogP contribution in [0.1, 0.15) is 24.3 Å². The Labute approximate surface area is 231 Å². The number of phenols is 1. The van der Waals surface area contributed by atoms with Crippen molar-refractivity contribution < 1.29 is 29.0 Å². The minimum absolute atomic E-state index is 0.0585. The van der Waals surface area contributed by atoms with Crippen LogP contribution in [-0.4, -0.2) is 35.6 Å². The van der Waals surface area contributed by atoms with Gasteiger partial charge in [0.2, 0.25) is 11.8 Å². The van der Waals surface area contributed by atoms with Crippen molar-refractivity contribution in [2.24, 2.45) is 17.8 Å². The van der Waals surface area contributed by atoms with Gasteiger partial charge in [-0.1, -0.05) is 23.3 Å². The van der Waals surface area contributed by atoms with Gasteiger partial charge in [0, 0.05) is 33.7 Å². The Morgan fingerprint density at radius 3 is 2.47 bits per heavy atom. The molecule has 1 N–H and O–H groups in total. The second-order valence-electron chi connectivity index (χ2n) is 9.81. The smallest absolute Gasteiger partial charge is 0.238 e. The minimum Gasteiger partial charge on any atom is -0.508 e. The lowest BCUT2D eigenvalue weighted by molar-refractivity contribution is -0.123. The molecule has 0 saturated carbocycles. The number of fused-ring (bicyclic) bond motifs is 3. The van der Waals surface area contributed by atoms with E-state index in [4.69, 9.17) is 16.3 Å². The predicted molar refractivity (Wildman–Crippen MR) is 143 cm³/mol. The Balaban J connectivity index is 1.51. The number of ketones is 2. The summed E-state index contributed by atoms with van der Waals surface area (Å²) in [5, 5.41) is 11.4. The van der Waals surface area contributed by atoms with E-state index in [9.17, 15) is 24.3 Å². The van der Waals surface area contributed by atoms with Gasteiger partial charge in [-0.05, 0) is 77.2 Å². The number of imide groups is 1. The van der Waals surface area contributed by atoms with Crippen molar-refractivity contribution in [3.63, 3.8) is 0 Å². The fourth-order valence-corrected chi connectivity index (χ4v) is 6.87. The molecule has 2 amide bonds. The number of hydrogen-bond donors (Lipinski definition) is 1. The van der Waals surface area contributed by atoms with Crippen LogP contribution < -0.4 is 9.64 Å². The highest BCUT2D eigenvalue weighted by Gasteiger charge is 2.56. The molecule has 0 unspecified atom stereocenters. The van der Waals surface area contributed by atoms with Crippen LogP contribution in [0.3, 0.4) is 0 Å². The molecule has 6 rings (SSSR count). The van der Waals surface area contributed by atoms with Gasteiger partial charge in [0.1, 0.15) is 11.5 Å². The van der Waals surface area contributed by atoms with Crippen LogP contribution >= 0.6 is 27.5 Å². The number of benzene rings is 2. The molecule has 38 heavy (non-hydrogen) atoms. The Hall–Kier alpha value is -3.49. The zero-order valence-electron chi connectivity index (χ0n) is 20.1. The van der Waals surface area contributed by atoms with Crippen LogP contribution in [-0.2, 0) is 19.2 Å². The molecule has 7 nitrogen and oxygen atoms in total. The highest BCUT2D eigenvalue weighted by molar-refractivity contribution is 9.12. The van der Waals surface area contributed by atoms with Gasteiger partial charge in [0.25, 0.3) is 0 Å². The van der Waals surface area contributed by atoms with E-state index >= 15 is 0 Å². The zero-order valence-corrected chi connectivity index (χ0v) is 22.5. The minimum atomic E-state index is -0.763. The number of allylic oxidation sites excluding steroid dienone is 6. The predicted octanol–water partition coefficient (Wildman–Crippen LogP) is 5.02. The summed E-state index contributed by atoms with van der Waals surface area (Å²) in [7, 11) is 1.50. The number of carbonyl (C=O) groups excluding carboxylic acids is 4. The van der Waals surface area contributed by atoms with Crippen molar-refractivity contribution in [2.75, 3.05) is 12.0 Å². The Morgan fingerprint density at radius 1 is 1.03 bits per heavy atom. The summed E-state index contributed by atoms with van der Waals surface area (Å²) < 4.78 is 5.52. The van der Waals surface area contributed by atoms with Crippen molar-refractivity contribution >= 4 is 56.6 Å². The number of hydrogen-bond acceptors (Lipinski definition) is 6. The monoisotopic (exact) mass is 593 g/mol. The number of rotatable bonds is 3. The number of aromatic hydroxyl groups is 1. The first-order valence-electron chi connectivity index (χ1n) is 12.1. The van der Waals surface area contributed by atoms with Crippen molar-refractivity contribution in [1.82, 2.24) is 0 Å². The van der Waals surface area contributed by atoms with Gasteiger partial charge in [0.05, 0.1) is 29.1 Å². The fraction of sp³-hybridized carbons (Fsp3) is 0.241. The second kappa shape index (κ2) is 9.06. The molecule has 1 saturated heterocycles. The Kier molecular flexibility index (Phi) is 5.92. The number of Topliss-reactive ketones (excluding diaryl/α,β-unsaturated/α-hetero) is 1. The molecule has 2 aromatic carbocycles. The summed E-state index contributed by atoms with van der Waals surface area (Å²) in [6.07, 6.45) is 3.60. The van der Waals surface area contributed by atoms with E-state index in [0.717, 1.165) is 5.57 Å². The lowest BCUT2D eigenvalue weighted by atomic mass is 9.59. The molecule has 4 aliphatic rings. The van der Waals surface area contributed by atoms with E-state index in [1.54, 1.807) is 36.4 Å². The van der Waals surface area contributed by atoms with Crippen LogP contribution in [0.4, 0.5) is 5.69 Å². The fourth-order valence-electron chi connectivity index (χ4n) is 6.30. The standard InChI is InChI=1S/C29H21BrClNO6/c1-38-15-6-9-22(33)19(10-15)24-16-7-8-17-25(18(16)11-20-26(24)23(34)12-21(30)27(20)35)29(37)32(28(17)36)14-4-2-13(31)3-5-14/h2-7,9-10,12,17-18,24-25,33H,8,11H2,1H3/t17-,18+,24+,25-/m0/s1. The lowest BCUT2D eigenvalue weighted by Crippen LogP contribution is -2.39. The maximum Gasteiger partial charge on any atom is 0.238 e. The highest BCUT2D eigenvalue weighted by atomic mass is 79.9. The molecule has 4 atom stereocenters. The molecule has 1 heterocycles. The number of amides is 2. The summed E-state index contributed by atoms with van der Waals surface area (Å²) in [5.74, 6) is -3.48. The van der Waals surface area contributed by atoms with Crippen LogP contribution in [0, 0.1) is 17.8 Å². The molecule has 1 fully saturated rings. The average Bonchev–Trinajstić information content (AvgIpc) is 3.17. The molecule has 192 valence electrons. The largest absolute Gasteiger partial charge is 0.508 e. The maximum absolute atomic E-state index is 13.9. The summed E-state index contributed by atoms with van der Waals surface area (Å²) in [6.45, 7) is 0. The molecule has 1 aliphatic heterocycles. The van der Waals surface area contributed by atoms with E-state index in [1.807, 2.05) is 6.08 Å². The molecule has 0 radical (unpaired) electrons. The number of anilines is 1. The molecule has 0 spiro atoms. The van der Waals surface area contributed by atoms with Crippen molar-refractivity contribution in [2.45, 2.75) is 18.8 Å². The molecule has 0 aromatic heterocycles. The van der Waals surface area contributed by atoms with Crippen LogP contribution in [0.2, 0.25) is 5.02 Å². The first-order chi connectivity index (χ1) is 18.2. The second-order valence-corrected chi connectivity index (χ2v) is 11.1. The number of halogens is 2. The summed E-state index contributed by atoms with van der Waals surface area (Å²) in [6, 6.07) is 11.2. The van der Waals surface area contributed by atoms with Gasteiger partial charge < -0.3 is 9.84 Å². The zero-order chi connectivity index (χ0) is 26.9. The molecular formula is C29H21BrClNO6. The van der Waals surface area contributed by atoms with E-state index in [0.29, 0.717) is 34.0 Å². The van der Waals surface area contributed by atoms with Crippen molar-refractivity contribution in [3.05, 3.63) is 86.4 Å². The van der Waals surface area contributed by atoms with Gasteiger partial charge in [-0.25, -0.2) is 0 Å². The number of phenolic OH excluding ortho intramolecular Hbond substituents is 1. The van der Waals surface area contributed by atoms with Crippen molar-refractivity contribution in [1.29, 1.82) is 0 Å². The normalized spacial score (nSPS) is 26.6. The third-order valence-electron chi connectivity index (χ3n) is 7.96. The summed E-state index contributed by atoms with van der Waals surface area (Å²) >= 11 is 9.23. The summed E-state index contributed by atoms with van der Waals surface area (Å²) in [4.78, 5) is 55.2. The van der Waals surface area contributed by atoms with E-state index < -0.39 is 23.7 Å². The third-order valence-corrected chi connectivity index (χ3v) is 8.80. The number of methoxy groups -OCH3 is 1. The van der Waals surface area contributed by atoms with E-state index in [1.165, 1.54) is 24.2 Å². The summed E-state index contributed by atoms with van der Waals surface area (Å²) in [5.41, 5.74) is 2.18. The topological polar surface area (TPSA) is 101 Å². The average molecular weight is 595 g/mol. The molecule has 9 heteroatoms. The maximum atomic E-state index is 13.9. The van der Waals surface area contributed by atoms with Crippen molar-refractivity contribution in [3.8, 4) is 11.5 Å². The van der Waals surface area contributed by atoms with Gasteiger partial charge >= 0.3 is 0 Å². The number of ether oxygens (including phenoxy) is 1. The molecule has 2 aromatic rings. The van der Waals surface area contributed by atoms with Gasteiger partial charge in [-0.15, -0.1) is 0 Å². The van der Waals surface area contributed by atoms with Crippen LogP contribution in [0.25, 0.3) is 0 Å². The lowest BCUT2D eigenvalue weighted by Gasteiger charge is -2.42. The van der Waals surface area contributed by atoms with Gasteiger partial charge in [0.15, 0.2) is 11.6 Å². The highest BCUT2D eigenvalue weighted by Crippen LogP contribution is 2.56. The third kappa shape index (κ3) is 3.61. The van der Waals surface area contributed by atoms with Crippen LogP contribution in [0.5, 0.6) is 11.5 Å². The quantitative estimate of drug-likeness (QED) is 0.304. The molecule has 3 aliphatic carbocycles. The number of nitrogens with zero attached hydrogens (tertiary/aromatic N) is 1. The SMILES string of the molecule is COc1ccc(O)c([C@H]2C3=CC[C@@H]4C(=O)N(c5ccc(Cl)cc5)C(=O)[C@@H]4[C@@H]3CC3=C2C(=O)C=C(Br)C3=O)c1. The Morgan fingerprint density at radius 2 is 1.76 bits per heavy atom. The molecule has 0 bridgehead atoms. The molecular weight excluding hydrogens is 574 g/mol.